The lowest BCUT2D eigenvalue weighted by atomic mass is 9.82. The average molecular weight is 260 g/mol. The lowest BCUT2D eigenvalue weighted by Crippen LogP contribution is -2.41. The van der Waals surface area contributed by atoms with E-state index in [-0.39, 0.29) is 17.9 Å². The van der Waals surface area contributed by atoms with Crippen molar-refractivity contribution in [3.63, 3.8) is 0 Å². The fourth-order valence-electron chi connectivity index (χ4n) is 2.98. The number of nitrogens with one attached hydrogen (secondary N) is 2. The molecule has 1 aromatic carbocycles. The zero-order chi connectivity index (χ0) is 13.2. The van der Waals surface area contributed by atoms with Gasteiger partial charge in [0.05, 0.1) is 12.0 Å². The fourth-order valence-corrected chi connectivity index (χ4v) is 2.98. The number of fused-ring (bicyclic) bond motifs is 1. The summed E-state index contributed by atoms with van der Waals surface area (Å²) in [5.41, 5.74) is 2.17. The summed E-state index contributed by atoms with van der Waals surface area (Å²) in [4.78, 5) is 12.3. The molecule has 19 heavy (non-hydrogen) atoms. The van der Waals surface area contributed by atoms with Crippen molar-refractivity contribution in [1.82, 2.24) is 5.32 Å². The molecule has 0 radical (unpaired) electrons. The third-order valence-electron chi connectivity index (χ3n) is 4.18. The van der Waals surface area contributed by atoms with Gasteiger partial charge in [0.2, 0.25) is 5.91 Å². The number of carbonyl (C=O) groups is 1. The number of benzene rings is 1. The van der Waals surface area contributed by atoms with Crippen LogP contribution in [0.1, 0.15) is 30.7 Å². The van der Waals surface area contributed by atoms with Gasteiger partial charge >= 0.3 is 0 Å². The maximum Gasteiger partial charge on any atom is 0.227 e. The lowest BCUT2D eigenvalue weighted by Gasteiger charge is -2.32. The van der Waals surface area contributed by atoms with Crippen molar-refractivity contribution in [3.8, 4) is 0 Å². The van der Waals surface area contributed by atoms with Gasteiger partial charge in [-0.25, -0.2) is 0 Å². The predicted molar refractivity (Wildman–Crippen MR) is 74.0 cm³/mol. The largest absolute Gasteiger partial charge is 0.393 e. The zero-order valence-electron chi connectivity index (χ0n) is 10.9. The predicted octanol–water partition coefficient (Wildman–Crippen LogP) is 1.47. The van der Waals surface area contributed by atoms with Gasteiger partial charge in [-0.2, -0.15) is 0 Å². The molecule has 1 atom stereocenters. The van der Waals surface area contributed by atoms with E-state index in [0.29, 0.717) is 12.5 Å². The first kappa shape index (κ1) is 12.5. The van der Waals surface area contributed by atoms with Crippen LogP contribution in [0.5, 0.6) is 0 Å². The molecule has 102 valence electrons. The Labute approximate surface area is 113 Å². The SMILES string of the molecule is O=C(NCC1CC(O)C1)C1CCNc2ccccc21. The van der Waals surface area contributed by atoms with E-state index >= 15 is 0 Å². The minimum absolute atomic E-state index is 0.0394. The van der Waals surface area contributed by atoms with Crippen LogP contribution in [0.15, 0.2) is 24.3 Å². The standard InChI is InChI=1S/C15H20N2O2/c18-11-7-10(8-11)9-17-15(19)13-5-6-16-14-4-2-1-3-12(13)14/h1-4,10-11,13,16,18H,5-9H2,(H,17,19). The topological polar surface area (TPSA) is 61.4 Å². The number of hydrogen-bond donors (Lipinski definition) is 3. The number of para-hydroxylation sites is 1. The van der Waals surface area contributed by atoms with E-state index in [9.17, 15) is 9.90 Å². The molecular formula is C15H20N2O2. The van der Waals surface area contributed by atoms with E-state index in [1.54, 1.807) is 0 Å². The molecule has 0 saturated heterocycles. The summed E-state index contributed by atoms with van der Waals surface area (Å²) >= 11 is 0. The summed E-state index contributed by atoms with van der Waals surface area (Å²) < 4.78 is 0. The van der Waals surface area contributed by atoms with Crippen LogP contribution < -0.4 is 10.6 Å². The summed E-state index contributed by atoms with van der Waals surface area (Å²) in [7, 11) is 0. The van der Waals surface area contributed by atoms with Crippen molar-refractivity contribution in [2.75, 3.05) is 18.4 Å². The molecule has 0 bridgehead atoms. The van der Waals surface area contributed by atoms with Crippen LogP contribution in [0.2, 0.25) is 0 Å². The van der Waals surface area contributed by atoms with Gasteiger partial charge in [0.1, 0.15) is 0 Å². The molecule has 1 aliphatic carbocycles. The van der Waals surface area contributed by atoms with E-state index < -0.39 is 0 Å². The van der Waals surface area contributed by atoms with Gasteiger partial charge in [-0.05, 0) is 36.8 Å². The van der Waals surface area contributed by atoms with E-state index in [2.05, 4.69) is 10.6 Å². The van der Waals surface area contributed by atoms with Crippen LogP contribution >= 0.6 is 0 Å². The zero-order valence-corrected chi connectivity index (χ0v) is 10.9. The normalized spacial score (nSPS) is 28.8. The molecule has 3 rings (SSSR count). The lowest BCUT2D eigenvalue weighted by molar-refractivity contribution is -0.123. The van der Waals surface area contributed by atoms with Crippen molar-refractivity contribution in [3.05, 3.63) is 29.8 Å². The number of anilines is 1. The Morgan fingerprint density at radius 3 is 2.95 bits per heavy atom. The molecule has 4 heteroatoms. The van der Waals surface area contributed by atoms with Crippen molar-refractivity contribution in [1.29, 1.82) is 0 Å². The summed E-state index contributed by atoms with van der Waals surface area (Å²) in [6.45, 7) is 1.54. The first-order valence-electron chi connectivity index (χ1n) is 7.02. The van der Waals surface area contributed by atoms with E-state index in [1.807, 2.05) is 24.3 Å². The van der Waals surface area contributed by atoms with Gasteiger partial charge in [-0.1, -0.05) is 18.2 Å². The van der Waals surface area contributed by atoms with Crippen LogP contribution in [0.25, 0.3) is 0 Å². The minimum Gasteiger partial charge on any atom is -0.393 e. The second kappa shape index (κ2) is 5.21. The van der Waals surface area contributed by atoms with Gasteiger partial charge in [0.15, 0.2) is 0 Å². The highest BCUT2D eigenvalue weighted by Crippen LogP contribution is 2.32. The Kier molecular flexibility index (Phi) is 3.42. The Morgan fingerprint density at radius 1 is 1.37 bits per heavy atom. The van der Waals surface area contributed by atoms with Crippen LogP contribution in [0.4, 0.5) is 5.69 Å². The molecule has 3 N–H and O–H groups in total. The second-order valence-corrected chi connectivity index (χ2v) is 5.59. The van der Waals surface area contributed by atoms with Gasteiger partial charge in [0, 0.05) is 18.8 Å². The smallest absolute Gasteiger partial charge is 0.227 e. The summed E-state index contributed by atoms with van der Waals surface area (Å²) in [6.07, 6.45) is 2.34. The first-order chi connectivity index (χ1) is 9.24. The van der Waals surface area contributed by atoms with Gasteiger partial charge in [0.25, 0.3) is 0 Å². The maximum absolute atomic E-state index is 12.3. The molecule has 0 aromatic heterocycles. The van der Waals surface area contributed by atoms with Crippen molar-refractivity contribution >= 4 is 11.6 Å². The Morgan fingerprint density at radius 2 is 2.16 bits per heavy atom. The van der Waals surface area contributed by atoms with Crippen LogP contribution in [-0.2, 0) is 4.79 Å². The molecule has 1 aliphatic heterocycles. The van der Waals surface area contributed by atoms with E-state index in [1.165, 1.54) is 0 Å². The quantitative estimate of drug-likeness (QED) is 0.771. The molecule has 1 heterocycles. The minimum atomic E-state index is -0.151. The molecule has 1 saturated carbocycles. The maximum atomic E-state index is 12.3. The van der Waals surface area contributed by atoms with Gasteiger partial charge < -0.3 is 15.7 Å². The molecule has 1 aromatic rings. The van der Waals surface area contributed by atoms with Crippen molar-refractivity contribution in [2.45, 2.75) is 31.3 Å². The van der Waals surface area contributed by atoms with Crippen molar-refractivity contribution in [2.24, 2.45) is 5.92 Å². The third kappa shape index (κ3) is 2.59. The molecular weight excluding hydrogens is 240 g/mol. The number of rotatable bonds is 3. The van der Waals surface area contributed by atoms with Crippen LogP contribution in [0.3, 0.4) is 0 Å². The number of amides is 1. The Bertz CT molecular complexity index is 469. The van der Waals surface area contributed by atoms with Gasteiger partial charge in [-0.15, -0.1) is 0 Å². The second-order valence-electron chi connectivity index (χ2n) is 5.59. The number of aliphatic hydroxyl groups excluding tert-OH is 1. The van der Waals surface area contributed by atoms with Gasteiger partial charge in [-0.3, -0.25) is 4.79 Å². The van der Waals surface area contributed by atoms with Crippen LogP contribution in [0, 0.1) is 5.92 Å². The number of carbonyl (C=O) groups excluding carboxylic acids is 1. The van der Waals surface area contributed by atoms with E-state index in [0.717, 1.165) is 37.1 Å². The monoisotopic (exact) mass is 260 g/mol. The molecule has 2 aliphatic rings. The van der Waals surface area contributed by atoms with Crippen molar-refractivity contribution < 1.29 is 9.90 Å². The molecule has 1 fully saturated rings. The molecule has 4 nitrogen and oxygen atoms in total. The Balaban J connectivity index is 1.61. The highest BCUT2D eigenvalue weighted by molar-refractivity contribution is 5.86. The summed E-state index contributed by atoms with van der Waals surface area (Å²) in [5.74, 6) is 0.536. The molecule has 0 spiro atoms. The number of hydrogen-bond acceptors (Lipinski definition) is 3. The van der Waals surface area contributed by atoms with Crippen LogP contribution in [-0.4, -0.2) is 30.2 Å². The summed E-state index contributed by atoms with van der Waals surface area (Å²) in [5, 5.41) is 15.6. The Hall–Kier alpha value is -1.55. The molecule has 1 unspecified atom stereocenters. The average Bonchev–Trinajstić information content (AvgIpc) is 2.41. The highest BCUT2D eigenvalue weighted by Gasteiger charge is 2.30. The highest BCUT2D eigenvalue weighted by atomic mass is 16.3. The first-order valence-corrected chi connectivity index (χ1v) is 7.02. The molecule has 1 amide bonds. The van der Waals surface area contributed by atoms with E-state index in [4.69, 9.17) is 0 Å². The third-order valence-corrected chi connectivity index (χ3v) is 4.18. The fraction of sp³-hybridized carbons (Fsp3) is 0.533. The summed E-state index contributed by atoms with van der Waals surface area (Å²) in [6, 6.07) is 8.02. The number of aliphatic hydroxyl groups is 1.